The minimum atomic E-state index is -0.967. The first-order chi connectivity index (χ1) is 7.58. The summed E-state index contributed by atoms with van der Waals surface area (Å²) >= 11 is 1.63. The third-order valence-corrected chi connectivity index (χ3v) is 4.61. The van der Waals surface area contributed by atoms with Crippen molar-refractivity contribution in [3.8, 4) is 0 Å². The Kier molecular flexibility index (Phi) is 3.01. The van der Waals surface area contributed by atoms with Gasteiger partial charge in [-0.25, -0.2) is 9.59 Å². The number of rotatable bonds is 2. The fourth-order valence-corrected chi connectivity index (χ4v) is 3.58. The molecule has 5 nitrogen and oxygen atoms in total. The predicted molar refractivity (Wildman–Crippen MR) is 61.7 cm³/mol. The minimum Gasteiger partial charge on any atom is -0.479 e. The number of carboxylic acids is 1. The Balaban J connectivity index is 2.25. The average molecular weight is 244 g/mol. The Morgan fingerprint density at radius 3 is 2.69 bits per heavy atom. The zero-order chi connectivity index (χ0) is 11.8. The van der Waals surface area contributed by atoms with Crippen LogP contribution in [0.4, 0.5) is 4.79 Å². The van der Waals surface area contributed by atoms with Crippen molar-refractivity contribution < 1.29 is 14.7 Å². The largest absolute Gasteiger partial charge is 0.479 e. The molecule has 0 bridgehead atoms. The number of carboxylic acid groups (broad SMARTS) is 1. The van der Waals surface area contributed by atoms with Crippen molar-refractivity contribution in [1.82, 2.24) is 9.80 Å². The summed E-state index contributed by atoms with van der Waals surface area (Å²) in [6.45, 7) is 1.15. The quantitative estimate of drug-likeness (QED) is 0.777. The summed E-state index contributed by atoms with van der Waals surface area (Å²) in [6.07, 6.45) is 1.44. The SMILES string of the molecule is CN1CCN(C2(C(=O)O)CCCSC2)C1=O. The molecule has 0 spiro atoms. The van der Waals surface area contributed by atoms with E-state index in [-0.39, 0.29) is 6.03 Å². The predicted octanol–water partition coefficient (Wildman–Crippen LogP) is 0.704. The minimum absolute atomic E-state index is 0.148. The van der Waals surface area contributed by atoms with E-state index in [0.29, 0.717) is 25.3 Å². The Bertz CT molecular complexity index is 315. The average Bonchev–Trinajstić information content (AvgIpc) is 2.61. The molecule has 1 atom stereocenters. The van der Waals surface area contributed by atoms with Gasteiger partial charge in [0.15, 0.2) is 5.54 Å². The van der Waals surface area contributed by atoms with Crippen molar-refractivity contribution in [1.29, 1.82) is 0 Å². The Morgan fingerprint density at radius 2 is 2.25 bits per heavy atom. The lowest BCUT2D eigenvalue weighted by Gasteiger charge is -2.40. The molecule has 16 heavy (non-hydrogen) atoms. The lowest BCUT2D eigenvalue weighted by Crippen LogP contribution is -2.59. The van der Waals surface area contributed by atoms with Crippen LogP contribution in [0, 0.1) is 0 Å². The smallest absolute Gasteiger partial charge is 0.330 e. The van der Waals surface area contributed by atoms with Crippen molar-refractivity contribution >= 4 is 23.8 Å². The van der Waals surface area contributed by atoms with Crippen molar-refractivity contribution in [2.75, 3.05) is 31.6 Å². The molecule has 2 rings (SSSR count). The highest BCUT2D eigenvalue weighted by Gasteiger charge is 2.50. The molecule has 0 aromatic rings. The van der Waals surface area contributed by atoms with Crippen LogP contribution in [0.25, 0.3) is 0 Å². The highest BCUT2D eigenvalue weighted by Crippen LogP contribution is 2.34. The van der Waals surface area contributed by atoms with E-state index >= 15 is 0 Å². The molecule has 2 saturated heterocycles. The van der Waals surface area contributed by atoms with Crippen LogP contribution in [0.1, 0.15) is 12.8 Å². The lowest BCUT2D eigenvalue weighted by atomic mass is 9.93. The third kappa shape index (κ3) is 1.65. The summed E-state index contributed by atoms with van der Waals surface area (Å²) in [5, 5.41) is 9.43. The van der Waals surface area contributed by atoms with Gasteiger partial charge in [-0.2, -0.15) is 11.8 Å². The topological polar surface area (TPSA) is 60.9 Å². The molecule has 90 valence electrons. The van der Waals surface area contributed by atoms with Crippen LogP contribution in [0.15, 0.2) is 0 Å². The Hall–Kier alpha value is -0.910. The van der Waals surface area contributed by atoms with Crippen LogP contribution < -0.4 is 0 Å². The highest BCUT2D eigenvalue weighted by molar-refractivity contribution is 7.99. The van der Waals surface area contributed by atoms with E-state index in [1.165, 1.54) is 0 Å². The molecule has 2 amide bonds. The maximum absolute atomic E-state index is 11.9. The van der Waals surface area contributed by atoms with Crippen LogP contribution >= 0.6 is 11.8 Å². The molecule has 1 N–H and O–H groups in total. The van der Waals surface area contributed by atoms with E-state index in [0.717, 1.165) is 12.2 Å². The van der Waals surface area contributed by atoms with Gasteiger partial charge in [-0.05, 0) is 18.6 Å². The second-order valence-electron chi connectivity index (χ2n) is 4.35. The molecule has 6 heteroatoms. The summed E-state index contributed by atoms with van der Waals surface area (Å²) in [5.74, 6) is 0.651. The van der Waals surface area contributed by atoms with Crippen LogP contribution in [-0.4, -0.2) is 64.1 Å². The van der Waals surface area contributed by atoms with Crippen molar-refractivity contribution in [3.05, 3.63) is 0 Å². The van der Waals surface area contributed by atoms with Crippen LogP contribution in [0.5, 0.6) is 0 Å². The fraction of sp³-hybridized carbons (Fsp3) is 0.800. The molecular formula is C10H16N2O3S. The maximum atomic E-state index is 11.9. The van der Waals surface area contributed by atoms with Crippen molar-refractivity contribution in [2.45, 2.75) is 18.4 Å². The highest BCUT2D eigenvalue weighted by atomic mass is 32.2. The lowest BCUT2D eigenvalue weighted by molar-refractivity contribution is -0.148. The molecular weight excluding hydrogens is 228 g/mol. The van der Waals surface area contributed by atoms with Gasteiger partial charge in [0.25, 0.3) is 0 Å². The summed E-state index contributed by atoms with van der Waals surface area (Å²) in [7, 11) is 1.72. The van der Waals surface area contributed by atoms with Gasteiger partial charge in [-0.1, -0.05) is 0 Å². The fourth-order valence-electron chi connectivity index (χ4n) is 2.32. The number of hydrogen-bond donors (Lipinski definition) is 1. The number of nitrogens with zero attached hydrogens (tertiary/aromatic N) is 2. The number of carbonyl (C=O) groups is 2. The van der Waals surface area contributed by atoms with Gasteiger partial charge in [0, 0.05) is 25.9 Å². The zero-order valence-corrected chi connectivity index (χ0v) is 10.1. The summed E-state index contributed by atoms with van der Waals surface area (Å²) < 4.78 is 0. The van der Waals surface area contributed by atoms with Crippen LogP contribution in [0.2, 0.25) is 0 Å². The maximum Gasteiger partial charge on any atom is 0.330 e. The van der Waals surface area contributed by atoms with E-state index in [1.54, 1.807) is 28.6 Å². The Labute approximate surface area is 98.8 Å². The van der Waals surface area contributed by atoms with E-state index in [4.69, 9.17) is 0 Å². The van der Waals surface area contributed by atoms with E-state index in [9.17, 15) is 14.7 Å². The van der Waals surface area contributed by atoms with Gasteiger partial charge in [0.2, 0.25) is 0 Å². The number of carbonyl (C=O) groups excluding carboxylic acids is 1. The normalized spacial score (nSPS) is 30.9. The van der Waals surface area contributed by atoms with Gasteiger partial charge in [0.05, 0.1) is 0 Å². The first-order valence-corrected chi connectivity index (χ1v) is 6.57. The summed E-state index contributed by atoms with van der Waals surface area (Å²) in [5.41, 5.74) is -0.967. The number of likely N-dealkylation sites (N-methyl/N-ethyl adjacent to an activating group) is 1. The molecule has 0 aromatic carbocycles. The standard InChI is InChI=1S/C10H16N2O3S/c1-11-4-5-12(9(11)15)10(8(13)14)3-2-6-16-7-10/h2-7H2,1H3,(H,13,14). The molecule has 0 saturated carbocycles. The molecule has 0 aliphatic carbocycles. The van der Waals surface area contributed by atoms with Gasteiger partial charge >= 0.3 is 12.0 Å². The van der Waals surface area contributed by atoms with E-state index < -0.39 is 11.5 Å². The number of thioether (sulfide) groups is 1. The van der Waals surface area contributed by atoms with Gasteiger partial charge in [0.1, 0.15) is 0 Å². The molecule has 0 radical (unpaired) electrons. The third-order valence-electron chi connectivity index (χ3n) is 3.35. The van der Waals surface area contributed by atoms with Crippen LogP contribution in [0.3, 0.4) is 0 Å². The zero-order valence-electron chi connectivity index (χ0n) is 9.31. The molecule has 2 aliphatic rings. The summed E-state index contributed by atoms with van der Waals surface area (Å²) in [4.78, 5) is 26.5. The molecule has 2 heterocycles. The molecule has 2 fully saturated rings. The van der Waals surface area contributed by atoms with E-state index in [1.807, 2.05) is 0 Å². The van der Waals surface area contributed by atoms with Crippen LogP contribution in [-0.2, 0) is 4.79 Å². The molecule has 0 aromatic heterocycles. The van der Waals surface area contributed by atoms with Crippen molar-refractivity contribution in [2.24, 2.45) is 0 Å². The van der Waals surface area contributed by atoms with Gasteiger partial charge in [-0.15, -0.1) is 0 Å². The molecule has 1 unspecified atom stereocenters. The second-order valence-corrected chi connectivity index (χ2v) is 5.45. The van der Waals surface area contributed by atoms with E-state index in [2.05, 4.69) is 0 Å². The van der Waals surface area contributed by atoms with Gasteiger partial charge < -0.3 is 14.9 Å². The monoisotopic (exact) mass is 244 g/mol. The van der Waals surface area contributed by atoms with Crippen molar-refractivity contribution in [3.63, 3.8) is 0 Å². The number of hydrogen-bond acceptors (Lipinski definition) is 3. The number of urea groups is 1. The second kappa shape index (κ2) is 4.16. The number of aliphatic carboxylic acids is 1. The first-order valence-electron chi connectivity index (χ1n) is 5.42. The first kappa shape index (κ1) is 11.6. The summed E-state index contributed by atoms with van der Waals surface area (Å²) in [6, 6.07) is -0.148. The van der Waals surface area contributed by atoms with Gasteiger partial charge in [-0.3, -0.25) is 0 Å². The number of amides is 2. The molecule has 2 aliphatic heterocycles. The Morgan fingerprint density at radius 1 is 1.50 bits per heavy atom.